The number of carbonyl (C=O) groups excluding carboxylic acids is 2. The molecule has 8 nitrogen and oxygen atoms in total. The van der Waals surface area contributed by atoms with E-state index in [0.717, 1.165) is 35.5 Å². The van der Waals surface area contributed by atoms with Crippen molar-refractivity contribution < 1.29 is 9.59 Å². The third-order valence-electron chi connectivity index (χ3n) is 6.17. The number of aromatic nitrogens is 4. The van der Waals surface area contributed by atoms with Gasteiger partial charge in [-0.3, -0.25) is 9.59 Å². The normalized spacial score (nSPS) is 16.8. The van der Waals surface area contributed by atoms with E-state index >= 15 is 0 Å². The van der Waals surface area contributed by atoms with Crippen LogP contribution in [0.3, 0.4) is 0 Å². The summed E-state index contributed by atoms with van der Waals surface area (Å²) in [6.45, 7) is 1.15. The lowest BCUT2D eigenvalue weighted by molar-refractivity contribution is -0.130. The van der Waals surface area contributed by atoms with Crippen molar-refractivity contribution in [3.63, 3.8) is 0 Å². The molecule has 2 fully saturated rings. The van der Waals surface area contributed by atoms with Gasteiger partial charge in [-0.25, -0.2) is 4.68 Å². The van der Waals surface area contributed by atoms with Crippen LogP contribution in [0.1, 0.15) is 37.3 Å². The van der Waals surface area contributed by atoms with E-state index in [-0.39, 0.29) is 17.7 Å². The molecule has 1 saturated carbocycles. The van der Waals surface area contributed by atoms with Gasteiger partial charge in [0, 0.05) is 36.3 Å². The zero-order valence-corrected chi connectivity index (χ0v) is 18.3. The average molecular weight is 443 g/mol. The number of hydrogen-bond acceptors (Lipinski definition) is 5. The van der Waals surface area contributed by atoms with E-state index < -0.39 is 0 Å². The fourth-order valence-corrected chi connectivity index (χ4v) is 4.13. The number of piperidine rings is 1. The van der Waals surface area contributed by atoms with Gasteiger partial charge in [0.05, 0.1) is 6.04 Å². The summed E-state index contributed by atoms with van der Waals surface area (Å²) in [5.41, 5.74) is 2.61. The first-order valence-electron chi connectivity index (χ1n) is 11.4. The Morgan fingerprint density at radius 2 is 1.76 bits per heavy atom. The van der Waals surface area contributed by atoms with E-state index in [1.165, 1.54) is 0 Å². The predicted molar refractivity (Wildman–Crippen MR) is 125 cm³/mol. The summed E-state index contributed by atoms with van der Waals surface area (Å²) < 4.78 is 1.86. The molecule has 0 bridgehead atoms. The Hall–Kier alpha value is -3.81. The van der Waals surface area contributed by atoms with E-state index in [4.69, 9.17) is 0 Å². The van der Waals surface area contributed by atoms with Crippen LogP contribution in [0.25, 0.3) is 17.5 Å². The van der Waals surface area contributed by atoms with Crippen molar-refractivity contribution in [1.82, 2.24) is 25.1 Å². The fraction of sp³-hybridized carbons (Fsp3) is 0.320. The molecule has 0 radical (unpaired) electrons. The van der Waals surface area contributed by atoms with Crippen LogP contribution >= 0.6 is 0 Å². The first-order valence-corrected chi connectivity index (χ1v) is 11.4. The molecule has 2 aromatic carbocycles. The Morgan fingerprint density at radius 1 is 0.970 bits per heavy atom. The number of hydrogen-bond donors (Lipinski definition) is 1. The van der Waals surface area contributed by atoms with Crippen LogP contribution in [-0.4, -0.2) is 50.0 Å². The van der Waals surface area contributed by atoms with Gasteiger partial charge in [0.15, 0.2) is 5.82 Å². The lowest BCUT2D eigenvalue weighted by atomic mass is 9.95. The molecule has 33 heavy (non-hydrogen) atoms. The predicted octanol–water partition coefficient (Wildman–Crippen LogP) is 3.57. The molecule has 2 aliphatic rings. The first kappa shape index (κ1) is 21.1. The van der Waals surface area contributed by atoms with Crippen molar-refractivity contribution in [3.05, 3.63) is 66.2 Å². The van der Waals surface area contributed by atoms with Gasteiger partial charge in [-0.2, -0.15) is 0 Å². The number of nitrogens with zero attached hydrogens (tertiary/aromatic N) is 5. The molecule has 1 saturated heterocycles. The monoisotopic (exact) mass is 442 g/mol. The van der Waals surface area contributed by atoms with Crippen molar-refractivity contribution in [2.24, 2.45) is 5.92 Å². The van der Waals surface area contributed by atoms with E-state index in [1.54, 1.807) is 6.08 Å². The van der Waals surface area contributed by atoms with Gasteiger partial charge in [0.1, 0.15) is 0 Å². The molecular weight excluding hydrogens is 416 g/mol. The molecule has 0 atom stereocenters. The maximum atomic E-state index is 12.9. The summed E-state index contributed by atoms with van der Waals surface area (Å²) in [6, 6.07) is 17.8. The molecular formula is C25H26N6O2. The summed E-state index contributed by atoms with van der Waals surface area (Å²) in [7, 11) is 0. The lowest BCUT2D eigenvalue weighted by Crippen LogP contribution is -2.40. The van der Waals surface area contributed by atoms with Crippen molar-refractivity contribution in [3.8, 4) is 11.4 Å². The maximum Gasteiger partial charge on any atom is 0.246 e. The number of likely N-dealkylation sites (tertiary alicyclic amines) is 1. The first-order chi connectivity index (χ1) is 16.2. The molecule has 1 aliphatic heterocycles. The highest BCUT2D eigenvalue weighted by Crippen LogP contribution is 2.36. The summed E-state index contributed by atoms with van der Waals surface area (Å²) in [5, 5.41) is 15.1. The highest BCUT2D eigenvalue weighted by molar-refractivity contribution is 5.94. The number of rotatable bonds is 6. The standard InChI is InChI=1S/C25H26N6O2/c32-23(12-9-18-5-2-1-3-6-18)30-15-13-19(14-16-30)25(33)26-21-8-4-7-20(17-21)24-27-28-29-31(24)22-10-11-22/h1-9,12,17,19,22H,10-11,13-16H2,(H,26,33)/b12-9-. The highest BCUT2D eigenvalue weighted by Gasteiger charge is 2.29. The Morgan fingerprint density at radius 3 is 2.52 bits per heavy atom. The minimum absolute atomic E-state index is 0.0131. The number of carbonyl (C=O) groups is 2. The molecule has 2 amide bonds. The summed E-state index contributed by atoms with van der Waals surface area (Å²) in [5.74, 6) is 0.580. The molecule has 3 aromatic rings. The van der Waals surface area contributed by atoms with E-state index in [1.807, 2.05) is 70.3 Å². The molecule has 5 rings (SSSR count). The molecule has 0 unspecified atom stereocenters. The van der Waals surface area contributed by atoms with Crippen LogP contribution in [-0.2, 0) is 9.59 Å². The van der Waals surface area contributed by atoms with Crippen LogP contribution in [0, 0.1) is 5.92 Å². The van der Waals surface area contributed by atoms with Gasteiger partial charge in [-0.15, -0.1) is 5.10 Å². The van der Waals surface area contributed by atoms with Gasteiger partial charge < -0.3 is 10.2 Å². The van der Waals surface area contributed by atoms with Crippen LogP contribution < -0.4 is 5.32 Å². The number of amides is 2. The SMILES string of the molecule is O=C(Nc1cccc(-c2nnnn2C2CC2)c1)C1CCN(C(=O)/C=C\c2ccccc2)CC1. The summed E-state index contributed by atoms with van der Waals surface area (Å²) >= 11 is 0. The van der Waals surface area contributed by atoms with Crippen LogP contribution in [0.2, 0.25) is 0 Å². The average Bonchev–Trinajstić information content (AvgIpc) is 3.59. The third kappa shape index (κ3) is 5.00. The molecule has 8 heteroatoms. The fourth-order valence-electron chi connectivity index (χ4n) is 4.13. The van der Waals surface area contributed by atoms with Gasteiger partial charge in [-0.1, -0.05) is 42.5 Å². The van der Waals surface area contributed by atoms with Gasteiger partial charge in [0.2, 0.25) is 11.8 Å². The van der Waals surface area contributed by atoms with Gasteiger partial charge in [-0.05, 0) is 59.9 Å². The van der Waals surface area contributed by atoms with Crippen molar-refractivity contribution in [2.45, 2.75) is 31.7 Å². The number of benzene rings is 2. The van der Waals surface area contributed by atoms with Crippen molar-refractivity contribution in [1.29, 1.82) is 0 Å². The Labute approximate surface area is 192 Å². The second-order valence-corrected chi connectivity index (χ2v) is 8.59. The second-order valence-electron chi connectivity index (χ2n) is 8.59. The van der Waals surface area contributed by atoms with Crippen LogP contribution in [0.15, 0.2) is 60.7 Å². The quantitative estimate of drug-likeness (QED) is 0.589. The maximum absolute atomic E-state index is 12.9. The largest absolute Gasteiger partial charge is 0.339 e. The van der Waals surface area contributed by atoms with Crippen LogP contribution in [0.4, 0.5) is 5.69 Å². The smallest absolute Gasteiger partial charge is 0.246 e. The van der Waals surface area contributed by atoms with E-state index in [9.17, 15) is 9.59 Å². The van der Waals surface area contributed by atoms with E-state index in [2.05, 4.69) is 20.8 Å². The lowest BCUT2D eigenvalue weighted by Gasteiger charge is -2.30. The van der Waals surface area contributed by atoms with Gasteiger partial charge >= 0.3 is 0 Å². The minimum Gasteiger partial charge on any atom is -0.339 e. The second kappa shape index (κ2) is 9.36. The number of tetrazole rings is 1. The molecule has 168 valence electrons. The van der Waals surface area contributed by atoms with E-state index in [0.29, 0.717) is 32.0 Å². The zero-order chi connectivity index (χ0) is 22.6. The minimum atomic E-state index is -0.118. The Kier molecular flexibility index (Phi) is 5.97. The molecule has 1 aliphatic carbocycles. The zero-order valence-electron chi connectivity index (χ0n) is 18.3. The number of nitrogens with one attached hydrogen (secondary N) is 1. The molecule has 1 aromatic heterocycles. The van der Waals surface area contributed by atoms with Crippen LogP contribution in [0.5, 0.6) is 0 Å². The topological polar surface area (TPSA) is 93.0 Å². The molecule has 2 heterocycles. The van der Waals surface area contributed by atoms with Gasteiger partial charge in [0.25, 0.3) is 0 Å². The van der Waals surface area contributed by atoms with Crippen molar-refractivity contribution >= 4 is 23.6 Å². The highest BCUT2D eigenvalue weighted by atomic mass is 16.2. The Bertz CT molecular complexity index is 1160. The summed E-state index contributed by atoms with van der Waals surface area (Å²) in [4.78, 5) is 27.2. The number of anilines is 1. The van der Waals surface area contributed by atoms with Crippen molar-refractivity contribution in [2.75, 3.05) is 18.4 Å². The summed E-state index contributed by atoms with van der Waals surface area (Å²) in [6.07, 6.45) is 6.92. The molecule has 1 N–H and O–H groups in total. The molecule has 0 spiro atoms. The Balaban J connectivity index is 1.16. The third-order valence-corrected chi connectivity index (χ3v) is 6.17.